The van der Waals surface area contributed by atoms with Gasteiger partial charge < -0.3 is 4.74 Å². The van der Waals surface area contributed by atoms with Crippen LogP contribution < -0.4 is 4.74 Å². The highest BCUT2D eigenvalue weighted by atomic mass is 35.5. The standard InChI is InChI=1S/C14H11Cl2NO3/c1-9-5-6-12(17(18)19)14(7-9)20-13-4-2-3-11(16)10(13)8-15/h2-7H,8H2,1H3. The molecule has 0 N–H and O–H groups in total. The first-order chi connectivity index (χ1) is 9.52. The molecule has 0 saturated carbocycles. The van der Waals surface area contributed by atoms with Crippen LogP contribution in [-0.2, 0) is 5.88 Å². The van der Waals surface area contributed by atoms with Crippen LogP contribution in [0.15, 0.2) is 36.4 Å². The summed E-state index contributed by atoms with van der Waals surface area (Å²) >= 11 is 11.9. The monoisotopic (exact) mass is 311 g/mol. The van der Waals surface area contributed by atoms with Crippen LogP contribution in [0.1, 0.15) is 11.1 Å². The first kappa shape index (κ1) is 14.6. The Hall–Kier alpha value is -1.78. The van der Waals surface area contributed by atoms with Crippen molar-refractivity contribution < 1.29 is 9.66 Å². The zero-order valence-electron chi connectivity index (χ0n) is 10.6. The minimum atomic E-state index is -0.486. The Morgan fingerprint density at radius 2 is 2.00 bits per heavy atom. The molecular formula is C14H11Cl2NO3. The Labute approximate surface area is 126 Å². The number of aryl methyl sites for hydroxylation is 1. The molecule has 0 spiro atoms. The van der Waals surface area contributed by atoms with Crippen LogP contribution in [0.5, 0.6) is 11.5 Å². The second kappa shape index (κ2) is 6.11. The van der Waals surface area contributed by atoms with Crippen LogP contribution >= 0.6 is 23.2 Å². The lowest BCUT2D eigenvalue weighted by atomic mass is 10.2. The summed E-state index contributed by atoms with van der Waals surface area (Å²) < 4.78 is 5.64. The summed E-state index contributed by atoms with van der Waals surface area (Å²) in [4.78, 5) is 10.5. The fourth-order valence-electron chi connectivity index (χ4n) is 1.74. The van der Waals surface area contributed by atoms with Gasteiger partial charge in [-0.25, -0.2) is 0 Å². The van der Waals surface area contributed by atoms with Crippen molar-refractivity contribution in [2.24, 2.45) is 0 Å². The molecular weight excluding hydrogens is 301 g/mol. The highest BCUT2D eigenvalue weighted by Crippen LogP contribution is 2.36. The Kier molecular flexibility index (Phi) is 4.47. The zero-order valence-corrected chi connectivity index (χ0v) is 12.1. The number of rotatable bonds is 4. The number of hydrogen-bond donors (Lipinski definition) is 0. The molecule has 0 bridgehead atoms. The SMILES string of the molecule is Cc1ccc([N+](=O)[O-])c(Oc2cccc(Cl)c2CCl)c1. The fourth-order valence-corrected chi connectivity index (χ4v) is 2.31. The van der Waals surface area contributed by atoms with Gasteiger partial charge in [0, 0.05) is 16.7 Å². The Bertz CT molecular complexity index is 659. The molecule has 0 unspecified atom stereocenters. The van der Waals surface area contributed by atoms with E-state index >= 15 is 0 Å². The van der Waals surface area contributed by atoms with Crippen molar-refractivity contribution >= 4 is 28.9 Å². The third kappa shape index (κ3) is 3.03. The molecule has 0 aliphatic rings. The molecule has 0 atom stereocenters. The van der Waals surface area contributed by atoms with E-state index in [0.29, 0.717) is 16.3 Å². The summed E-state index contributed by atoms with van der Waals surface area (Å²) in [7, 11) is 0. The maximum Gasteiger partial charge on any atom is 0.311 e. The van der Waals surface area contributed by atoms with Crippen LogP contribution in [0.3, 0.4) is 0 Å². The molecule has 2 aromatic rings. The Morgan fingerprint density at radius 1 is 1.25 bits per heavy atom. The van der Waals surface area contributed by atoms with Gasteiger partial charge in [-0.3, -0.25) is 10.1 Å². The Balaban J connectivity index is 2.47. The van der Waals surface area contributed by atoms with E-state index in [0.717, 1.165) is 5.56 Å². The molecule has 0 amide bonds. The first-order valence-corrected chi connectivity index (χ1v) is 6.70. The average molecular weight is 312 g/mol. The zero-order chi connectivity index (χ0) is 14.7. The number of nitro benzene ring substituents is 1. The molecule has 104 valence electrons. The van der Waals surface area contributed by atoms with E-state index in [2.05, 4.69) is 0 Å². The summed E-state index contributed by atoms with van der Waals surface area (Å²) in [5.74, 6) is 0.749. The highest BCUT2D eigenvalue weighted by Gasteiger charge is 2.17. The van der Waals surface area contributed by atoms with E-state index in [4.69, 9.17) is 27.9 Å². The van der Waals surface area contributed by atoms with Crippen molar-refractivity contribution in [3.8, 4) is 11.5 Å². The number of halogens is 2. The number of alkyl halides is 1. The van der Waals surface area contributed by atoms with E-state index in [-0.39, 0.29) is 17.3 Å². The normalized spacial score (nSPS) is 10.3. The van der Waals surface area contributed by atoms with Gasteiger partial charge >= 0.3 is 5.69 Å². The maximum atomic E-state index is 11.0. The smallest absolute Gasteiger partial charge is 0.311 e. The first-order valence-electron chi connectivity index (χ1n) is 5.79. The van der Waals surface area contributed by atoms with Crippen molar-refractivity contribution in [1.82, 2.24) is 0 Å². The lowest BCUT2D eigenvalue weighted by Crippen LogP contribution is -1.96. The van der Waals surface area contributed by atoms with E-state index in [1.807, 2.05) is 6.92 Å². The predicted molar refractivity (Wildman–Crippen MR) is 78.9 cm³/mol. The van der Waals surface area contributed by atoms with E-state index in [9.17, 15) is 10.1 Å². The van der Waals surface area contributed by atoms with Gasteiger partial charge in [-0.15, -0.1) is 11.6 Å². The molecule has 4 nitrogen and oxygen atoms in total. The average Bonchev–Trinajstić information content (AvgIpc) is 2.38. The molecule has 0 saturated heterocycles. The molecule has 6 heteroatoms. The van der Waals surface area contributed by atoms with Gasteiger partial charge in [-0.05, 0) is 30.7 Å². The van der Waals surface area contributed by atoms with Crippen molar-refractivity contribution in [1.29, 1.82) is 0 Å². The number of ether oxygens (including phenoxy) is 1. The van der Waals surface area contributed by atoms with Gasteiger partial charge in [-0.2, -0.15) is 0 Å². The van der Waals surface area contributed by atoms with Gasteiger partial charge in [0.05, 0.1) is 10.8 Å². The van der Waals surface area contributed by atoms with Crippen LogP contribution in [0, 0.1) is 17.0 Å². The summed E-state index contributed by atoms with van der Waals surface area (Å²) in [5, 5.41) is 11.5. The molecule has 0 aromatic heterocycles. The van der Waals surface area contributed by atoms with Gasteiger partial charge in [0.2, 0.25) is 5.75 Å². The molecule has 2 rings (SSSR count). The summed E-state index contributed by atoms with van der Waals surface area (Å²) in [6.07, 6.45) is 0. The van der Waals surface area contributed by atoms with Crippen molar-refractivity contribution in [2.75, 3.05) is 0 Å². The number of benzene rings is 2. The van der Waals surface area contributed by atoms with Crippen molar-refractivity contribution in [2.45, 2.75) is 12.8 Å². The van der Waals surface area contributed by atoms with E-state index < -0.39 is 4.92 Å². The van der Waals surface area contributed by atoms with E-state index in [1.165, 1.54) is 6.07 Å². The molecule has 0 radical (unpaired) electrons. The van der Waals surface area contributed by atoms with Crippen molar-refractivity contribution in [3.63, 3.8) is 0 Å². The minimum Gasteiger partial charge on any atom is -0.450 e. The Morgan fingerprint density at radius 3 is 2.65 bits per heavy atom. The molecule has 0 aliphatic heterocycles. The number of hydrogen-bond acceptors (Lipinski definition) is 3. The van der Waals surface area contributed by atoms with Gasteiger partial charge in [0.1, 0.15) is 5.75 Å². The van der Waals surface area contributed by atoms with Gasteiger partial charge in [0.25, 0.3) is 0 Å². The van der Waals surface area contributed by atoms with Crippen LogP contribution in [-0.4, -0.2) is 4.92 Å². The molecule has 0 heterocycles. The minimum absolute atomic E-state index is 0.101. The van der Waals surface area contributed by atoms with Crippen LogP contribution in [0.2, 0.25) is 5.02 Å². The summed E-state index contributed by atoms with van der Waals surface area (Å²) in [6.45, 7) is 1.83. The number of nitro groups is 1. The summed E-state index contributed by atoms with van der Waals surface area (Å²) in [6, 6.07) is 9.75. The second-order valence-electron chi connectivity index (χ2n) is 4.18. The lowest BCUT2D eigenvalue weighted by molar-refractivity contribution is -0.385. The van der Waals surface area contributed by atoms with Crippen molar-refractivity contribution in [3.05, 3.63) is 62.7 Å². The summed E-state index contributed by atoms with van der Waals surface area (Å²) in [5.41, 5.74) is 1.36. The quantitative estimate of drug-likeness (QED) is 0.449. The fraction of sp³-hybridized carbons (Fsp3) is 0.143. The largest absolute Gasteiger partial charge is 0.450 e. The molecule has 20 heavy (non-hydrogen) atoms. The predicted octanol–water partition coefficient (Wildman–Crippen LogP) is 5.09. The van der Waals surface area contributed by atoms with Gasteiger partial charge in [0.15, 0.2) is 0 Å². The number of nitrogens with zero attached hydrogens (tertiary/aromatic N) is 1. The molecule has 0 fully saturated rings. The second-order valence-corrected chi connectivity index (χ2v) is 4.85. The van der Waals surface area contributed by atoms with Crippen LogP contribution in [0.4, 0.5) is 5.69 Å². The highest BCUT2D eigenvalue weighted by molar-refractivity contribution is 6.32. The molecule has 0 aliphatic carbocycles. The maximum absolute atomic E-state index is 11.0. The lowest BCUT2D eigenvalue weighted by Gasteiger charge is -2.11. The van der Waals surface area contributed by atoms with Crippen LogP contribution in [0.25, 0.3) is 0 Å². The topological polar surface area (TPSA) is 52.4 Å². The third-order valence-electron chi connectivity index (χ3n) is 2.74. The van der Waals surface area contributed by atoms with Gasteiger partial charge in [-0.1, -0.05) is 23.7 Å². The third-order valence-corrected chi connectivity index (χ3v) is 3.36. The molecule has 2 aromatic carbocycles. The van der Waals surface area contributed by atoms with E-state index in [1.54, 1.807) is 30.3 Å².